The average Bonchev–Trinajstić information content (AvgIpc) is 2.94. The van der Waals surface area contributed by atoms with Crippen molar-refractivity contribution in [2.24, 2.45) is 12.8 Å². The van der Waals surface area contributed by atoms with E-state index < -0.39 is 0 Å². The van der Waals surface area contributed by atoms with Crippen molar-refractivity contribution in [3.8, 4) is 0 Å². The largest absolute Gasteiger partial charge is 0.322 e. The molecule has 2 N–H and O–H groups in total. The van der Waals surface area contributed by atoms with Gasteiger partial charge in [0.05, 0.1) is 11.7 Å². The summed E-state index contributed by atoms with van der Waals surface area (Å²) in [4.78, 5) is 1.36. The third kappa shape index (κ3) is 1.87. The number of hydrogen-bond acceptors (Lipinski definition) is 3. The lowest BCUT2D eigenvalue weighted by atomic mass is 9.92. The van der Waals surface area contributed by atoms with E-state index in [0.717, 1.165) is 11.4 Å². The van der Waals surface area contributed by atoms with E-state index in [1.807, 2.05) is 35.8 Å². The molecule has 1 aromatic heterocycles. The molecule has 0 aliphatic carbocycles. The van der Waals surface area contributed by atoms with Crippen LogP contribution < -0.4 is 5.73 Å². The Bertz CT molecular complexity index is 535. The van der Waals surface area contributed by atoms with Crippen molar-refractivity contribution in [3.63, 3.8) is 0 Å². The molecule has 2 unspecified atom stereocenters. The Morgan fingerprint density at radius 1 is 1.41 bits per heavy atom. The zero-order valence-corrected chi connectivity index (χ0v) is 10.5. The molecular weight excluding hydrogens is 230 g/mol. The maximum absolute atomic E-state index is 6.34. The topological polar surface area (TPSA) is 43.8 Å². The Morgan fingerprint density at radius 3 is 3.00 bits per heavy atom. The van der Waals surface area contributed by atoms with Crippen LogP contribution in [0.25, 0.3) is 0 Å². The minimum Gasteiger partial charge on any atom is -0.322 e. The monoisotopic (exact) mass is 245 g/mol. The van der Waals surface area contributed by atoms with Crippen LogP contribution in [0, 0.1) is 0 Å². The number of thioether (sulfide) groups is 1. The number of benzene rings is 1. The van der Waals surface area contributed by atoms with Crippen LogP contribution >= 0.6 is 11.8 Å². The summed E-state index contributed by atoms with van der Waals surface area (Å²) in [5, 5.41) is 4.41. The lowest BCUT2D eigenvalue weighted by molar-refractivity contribution is 0.577. The van der Waals surface area contributed by atoms with Crippen LogP contribution in [0.4, 0.5) is 0 Å². The highest BCUT2D eigenvalue weighted by atomic mass is 32.2. The molecule has 4 heteroatoms. The van der Waals surface area contributed by atoms with Crippen molar-refractivity contribution in [2.75, 3.05) is 5.75 Å². The molecule has 0 fully saturated rings. The second-order valence-corrected chi connectivity index (χ2v) is 5.46. The highest BCUT2D eigenvalue weighted by Gasteiger charge is 2.29. The van der Waals surface area contributed by atoms with Gasteiger partial charge in [-0.1, -0.05) is 18.2 Å². The summed E-state index contributed by atoms with van der Waals surface area (Å²) in [5.74, 6) is 1.43. The van der Waals surface area contributed by atoms with Gasteiger partial charge in [0.15, 0.2) is 0 Å². The molecule has 0 amide bonds. The van der Waals surface area contributed by atoms with E-state index in [0.29, 0.717) is 5.92 Å². The Labute approximate surface area is 105 Å². The first kappa shape index (κ1) is 10.9. The lowest BCUT2D eigenvalue weighted by Crippen LogP contribution is -2.20. The van der Waals surface area contributed by atoms with E-state index in [1.165, 1.54) is 10.5 Å². The highest BCUT2D eigenvalue weighted by molar-refractivity contribution is 7.99. The van der Waals surface area contributed by atoms with E-state index in [-0.39, 0.29) is 6.04 Å². The maximum atomic E-state index is 6.34. The van der Waals surface area contributed by atoms with Gasteiger partial charge in [-0.2, -0.15) is 5.10 Å². The van der Waals surface area contributed by atoms with Crippen molar-refractivity contribution < 1.29 is 0 Å². The van der Waals surface area contributed by atoms with E-state index in [9.17, 15) is 0 Å². The van der Waals surface area contributed by atoms with Gasteiger partial charge in [-0.3, -0.25) is 4.68 Å². The quantitative estimate of drug-likeness (QED) is 0.883. The zero-order valence-electron chi connectivity index (χ0n) is 9.71. The molecular formula is C13H15N3S. The predicted octanol–water partition coefficient (Wildman–Crippen LogP) is 2.31. The molecule has 1 aliphatic heterocycles. The highest BCUT2D eigenvalue weighted by Crippen LogP contribution is 2.44. The summed E-state index contributed by atoms with van der Waals surface area (Å²) in [6.45, 7) is 0. The average molecular weight is 245 g/mol. The first-order valence-electron chi connectivity index (χ1n) is 5.72. The van der Waals surface area contributed by atoms with Gasteiger partial charge >= 0.3 is 0 Å². The molecule has 0 radical (unpaired) electrons. The number of aromatic nitrogens is 2. The van der Waals surface area contributed by atoms with E-state index >= 15 is 0 Å². The molecule has 2 atom stereocenters. The molecule has 0 bridgehead atoms. The van der Waals surface area contributed by atoms with E-state index in [4.69, 9.17) is 5.73 Å². The Morgan fingerprint density at radius 2 is 2.24 bits per heavy atom. The fourth-order valence-corrected chi connectivity index (χ4v) is 3.61. The molecule has 0 saturated heterocycles. The predicted molar refractivity (Wildman–Crippen MR) is 70.0 cm³/mol. The molecule has 88 valence electrons. The van der Waals surface area contributed by atoms with Crippen LogP contribution in [-0.4, -0.2) is 15.5 Å². The molecule has 3 nitrogen and oxygen atoms in total. The van der Waals surface area contributed by atoms with Gasteiger partial charge in [0, 0.05) is 29.8 Å². The van der Waals surface area contributed by atoms with E-state index in [1.54, 1.807) is 0 Å². The molecule has 2 aromatic rings. The summed E-state index contributed by atoms with van der Waals surface area (Å²) in [6, 6.07) is 10.5. The third-order valence-corrected chi connectivity index (χ3v) is 4.45. The van der Waals surface area contributed by atoms with Crippen molar-refractivity contribution in [1.82, 2.24) is 9.78 Å². The van der Waals surface area contributed by atoms with Gasteiger partial charge in [-0.05, 0) is 17.7 Å². The van der Waals surface area contributed by atoms with Gasteiger partial charge in [-0.15, -0.1) is 11.8 Å². The smallest absolute Gasteiger partial charge is 0.0798 e. The number of hydrogen-bond donors (Lipinski definition) is 1. The fourth-order valence-electron chi connectivity index (χ4n) is 2.30. The number of nitrogens with zero attached hydrogens (tertiary/aromatic N) is 2. The fraction of sp³-hybridized carbons (Fsp3) is 0.308. The molecule has 0 spiro atoms. The van der Waals surface area contributed by atoms with Crippen LogP contribution in [0.15, 0.2) is 41.4 Å². The van der Waals surface area contributed by atoms with Crippen LogP contribution in [0.2, 0.25) is 0 Å². The molecule has 17 heavy (non-hydrogen) atoms. The van der Waals surface area contributed by atoms with Crippen molar-refractivity contribution >= 4 is 11.8 Å². The first-order chi connectivity index (χ1) is 8.25. The second kappa shape index (κ2) is 4.20. The minimum absolute atomic E-state index is 0.00708. The molecule has 1 aromatic carbocycles. The molecule has 0 saturated carbocycles. The number of fused-ring (bicyclic) bond motifs is 1. The summed E-state index contributed by atoms with van der Waals surface area (Å²) in [6.07, 6.45) is 1.95. The van der Waals surface area contributed by atoms with Gasteiger partial charge in [0.25, 0.3) is 0 Å². The van der Waals surface area contributed by atoms with Crippen LogP contribution in [0.1, 0.15) is 23.2 Å². The summed E-state index contributed by atoms with van der Waals surface area (Å²) < 4.78 is 1.81. The SMILES string of the molecule is Cn1ccc(C(N)C2CSc3ccccc32)n1. The first-order valence-corrected chi connectivity index (χ1v) is 6.71. The van der Waals surface area contributed by atoms with Gasteiger partial charge < -0.3 is 5.73 Å². The van der Waals surface area contributed by atoms with Crippen molar-refractivity contribution in [1.29, 1.82) is 0 Å². The maximum Gasteiger partial charge on any atom is 0.0798 e. The van der Waals surface area contributed by atoms with E-state index in [2.05, 4.69) is 29.4 Å². The molecule has 3 rings (SSSR count). The Balaban J connectivity index is 1.92. The second-order valence-electron chi connectivity index (χ2n) is 4.40. The van der Waals surface area contributed by atoms with Gasteiger partial charge in [0.1, 0.15) is 0 Å². The lowest BCUT2D eigenvalue weighted by Gasteiger charge is -2.17. The number of rotatable bonds is 2. The standard InChI is InChI=1S/C13H15N3S/c1-16-7-6-11(15-16)13(14)10-8-17-12-5-3-2-4-9(10)12/h2-7,10,13H,8,14H2,1H3. The van der Waals surface area contributed by atoms with Crippen LogP contribution in [0.5, 0.6) is 0 Å². The summed E-state index contributed by atoms with van der Waals surface area (Å²) in [7, 11) is 1.92. The summed E-state index contributed by atoms with van der Waals surface area (Å²) in [5.41, 5.74) is 8.69. The van der Waals surface area contributed by atoms with Crippen LogP contribution in [0.3, 0.4) is 0 Å². The zero-order chi connectivity index (χ0) is 11.8. The van der Waals surface area contributed by atoms with Crippen molar-refractivity contribution in [2.45, 2.75) is 16.9 Å². The molecule has 2 heterocycles. The number of aryl methyl sites for hydroxylation is 1. The minimum atomic E-state index is -0.00708. The van der Waals surface area contributed by atoms with Crippen molar-refractivity contribution in [3.05, 3.63) is 47.8 Å². The van der Waals surface area contributed by atoms with Gasteiger partial charge in [-0.25, -0.2) is 0 Å². The Kier molecular flexibility index (Phi) is 2.68. The number of nitrogens with two attached hydrogens (primary N) is 1. The summed E-state index contributed by atoms with van der Waals surface area (Å²) >= 11 is 1.89. The molecule has 1 aliphatic rings. The Hall–Kier alpha value is -1.26. The van der Waals surface area contributed by atoms with Gasteiger partial charge in [0.2, 0.25) is 0 Å². The normalized spacial score (nSPS) is 20.2. The third-order valence-electron chi connectivity index (χ3n) is 3.25. The van der Waals surface area contributed by atoms with Crippen LogP contribution in [-0.2, 0) is 7.05 Å².